The molecule has 3 rings (SSSR count). The summed E-state index contributed by atoms with van der Waals surface area (Å²) in [6.07, 6.45) is 5.37. The quantitative estimate of drug-likeness (QED) is 0.179. The Morgan fingerprint density at radius 2 is 0.658 bits per heavy atom. The summed E-state index contributed by atoms with van der Waals surface area (Å²) in [6, 6.07) is 6.32. The number of pyridine rings is 2. The highest BCUT2D eigenvalue weighted by atomic mass is 19.5. The summed E-state index contributed by atoms with van der Waals surface area (Å²) in [6.45, 7) is 0. The topological polar surface area (TPSA) is 14.2 Å². The lowest BCUT2D eigenvalue weighted by Crippen LogP contribution is -2.38. The highest BCUT2D eigenvalue weighted by molar-refractivity contribution is 6.50. The monoisotopic (exact) mass is 566 g/mol. The lowest BCUT2D eigenvalue weighted by atomic mass is 10.2. The van der Waals surface area contributed by atoms with Crippen LogP contribution in [0.15, 0.2) is 49.1 Å². The lowest BCUT2D eigenvalue weighted by Gasteiger charge is -2.11. The van der Waals surface area contributed by atoms with Gasteiger partial charge in [-0.25, -0.2) is 0 Å². The second-order valence-electron chi connectivity index (χ2n) is 7.66. The van der Waals surface area contributed by atoms with Crippen molar-refractivity contribution in [1.29, 1.82) is 0 Å². The molecule has 0 unspecified atom stereocenters. The Bertz CT molecular complexity index is 1060. The SMILES string of the molecule is CN(C)c1cc[n+](-c2c(F)c(F)c(-[n+]3ccc(N(C)C)cc3)c(F)c2F)cc1.F[B-](F)(F)F.F[B-](F)(F)F. The van der Waals surface area contributed by atoms with Crippen molar-refractivity contribution in [3.05, 3.63) is 72.3 Å². The fourth-order valence-corrected chi connectivity index (χ4v) is 2.79. The van der Waals surface area contributed by atoms with Crippen LogP contribution < -0.4 is 18.9 Å². The normalized spacial score (nSPS) is 11.2. The Balaban J connectivity index is 0.000000616. The van der Waals surface area contributed by atoms with Crippen LogP contribution in [0.5, 0.6) is 0 Å². The van der Waals surface area contributed by atoms with Gasteiger partial charge in [-0.3, -0.25) is 0 Å². The molecule has 3 aromatic rings. The van der Waals surface area contributed by atoms with Crippen molar-refractivity contribution in [2.75, 3.05) is 38.0 Å². The van der Waals surface area contributed by atoms with Gasteiger partial charge in [0.15, 0.2) is 24.8 Å². The lowest BCUT2D eigenvalue weighted by molar-refractivity contribution is -0.605. The predicted octanol–water partition coefficient (Wildman–Crippen LogP) is 5.53. The smallest absolute Gasteiger partial charge is 0.418 e. The average molecular weight is 566 g/mol. The molecule has 0 aliphatic heterocycles. The molecular weight excluding hydrogens is 546 g/mol. The molecule has 0 amide bonds. The van der Waals surface area contributed by atoms with E-state index in [2.05, 4.69) is 0 Å². The first kappa shape index (κ1) is 32.4. The molecule has 0 bridgehead atoms. The Kier molecular flexibility index (Phi) is 10.9. The summed E-state index contributed by atoms with van der Waals surface area (Å²) in [4.78, 5) is 3.57. The van der Waals surface area contributed by atoms with Gasteiger partial charge in [0.1, 0.15) is 0 Å². The van der Waals surface area contributed by atoms with Gasteiger partial charge in [0.25, 0.3) is 11.4 Å². The molecule has 0 aliphatic carbocycles. The van der Waals surface area contributed by atoms with Gasteiger partial charge in [-0.1, -0.05) is 0 Å². The van der Waals surface area contributed by atoms with Crippen LogP contribution in [0.2, 0.25) is 0 Å². The number of rotatable bonds is 4. The van der Waals surface area contributed by atoms with Crippen molar-refractivity contribution in [2.45, 2.75) is 0 Å². The van der Waals surface area contributed by atoms with Gasteiger partial charge in [-0.05, 0) is 0 Å². The highest BCUT2D eigenvalue weighted by Gasteiger charge is 2.36. The van der Waals surface area contributed by atoms with Gasteiger partial charge < -0.3 is 44.3 Å². The molecule has 0 N–H and O–H groups in total. The summed E-state index contributed by atoms with van der Waals surface area (Å²) >= 11 is 0. The molecule has 0 spiro atoms. The van der Waals surface area contributed by atoms with Crippen LogP contribution >= 0.6 is 0 Å². The Morgan fingerprint density at radius 3 is 0.816 bits per heavy atom. The largest absolute Gasteiger partial charge is 0.673 e. The van der Waals surface area contributed by atoms with E-state index >= 15 is 0 Å². The van der Waals surface area contributed by atoms with E-state index in [1.807, 2.05) is 0 Å². The zero-order valence-corrected chi connectivity index (χ0v) is 20.1. The number of hydrogen-bond acceptors (Lipinski definition) is 2. The third-order valence-corrected chi connectivity index (χ3v) is 4.39. The van der Waals surface area contributed by atoms with E-state index in [0.717, 1.165) is 20.5 Å². The Morgan fingerprint density at radius 1 is 0.474 bits per heavy atom. The molecule has 18 heteroatoms. The third kappa shape index (κ3) is 10.0. The maximum atomic E-state index is 14.7. The molecule has 0 saturated heterocycles. The second kappa shape index (κ2) is 12.8. The minimum atomic E-state index is -6.00. The van der Waals surface area contributed by atoms with E-state index in [4.69, 9.17) is 0 Å². The number of benzene rings is 1. The molecule has 0 saturated carbocycles. The van der Waals surface area contributed by atoms with Crippen LogP contribution in [0.4, 0.5) is 63.5 Å². The van der Waals surface area contributed by atoms with Crippen molar-refractivity contribution >= 4 is 25.9 Å². The fourth-order valence-electron chi connectivity index (χ4n) is 2.79. The zero-order chi connectivity index (χ0) is 29.6. The summed E-state index contributed by atoms with van der Waals surface area (Å²) in [5.74, 6) is -5.89. The van der Waals surface area contributed by atoms with Gasteiger partial charge in [-0.15, -0.1) is 0 Å². The van der Waals surface area contributed by atoms with Crippen LogP contribution in [0.1, 0.15) is 0 Å². The van der Waals surface area contributed by atoms with E-state index in [9.17, 15) is 52.1 Å². The van der Waals surface area contributed by atoms with E-state index < -0.39 is 49.2 Å². The van der Waals surface area contributed by atoms with Gasteiger partial charge in [0, 0.05) is 63.8 Å². The molecule has 2 aromatic heterocycles. The Hall–Kier alpha value is -3.59. The van der Waals surface area contributed by atoms with Crippen LogP contribution in [0, 0.1) is 23.3 Å². The molecule has 2 heterocycles. The number of nitrogens with zero attached hydrogens (tertiary/aromatic N) is 4. The number of halogens is 12. The van der Waals surface area contributed by atoms with Crippen molar-refractivity contribution < 1.29 is 61.2 Å². The number of aromatic nitrogens is 2. The molecular formula is C20H20B2F12N4. The highest BCUT2D eigenvalue weighted by Crippen LogP contribution is 2.25. The third-order valence-electron chi connectivity index (χ3n) is 4.39. The standard InChI is InChI=1S/C20H20F4N4.2BF4/c1-25(2)13-5-9-27(10-6-13)19-15(21)17(23)20(18(24)16(19)22)28-11-7-14(8-12-28)26(3)4;2*2-1(3,4)5/h5-12H,1-4H3;;/q+2;2*-1. The minimum Gasteiger partial charge on any atom is -0.418 e. The summed E-state index contributed by atoms with van der Waals surface area (Å²) in [7, 11) is -4.80. The first-order valence-electron chi connectivity index (χ1n) is 10.2. The molecule has 1 aromatic carbocycles. The molecule has 210 valence electrons. The first-order chi connectivity index (χ1) is 17.2. The summed E-state index contributed by atoms with van der Waals surface area (Å²) in [5, 5.41) is 0. The number of hydrogen-bond donors (Lipinski definition) is 0. The summed E-state index contributed by atoms with van der Waals surface area (Å²) < 4.78 is 139. The van der Waals surface area contributed by atoms with Crippen LogP contribution in [0.3, 0.4) is 0 Å². The molecule has 38 heavy (non-hydrogen) atoms. The van der Waals surface area contributed by atoms with E-state index in [1.54, 1.807) is 62.3 Å². The van der Waals surface area contributed by atoms with E-state index in [1.165, 1.54) is 24.8 Å². The number of anilines is 2. The maximum absolute atomic E-state index is 14.7. The van der Waals surface area contributed by atoms with E-state index in [0.29, 0.717) is 0 Å². The summed E-state index contributed by atoms with van der Waals surface area (Å²) in [5.41, 5.74) is -0.0820. The molecule has 4 nitrogen and oxygen atoms in total. The predicted molar refractivity (Wildman–Crippen MR) is 118 cm³/mol. The van der Waals surface area contributed by atoms with Gasteiger partial charge in [-0.2, -0.15) is 26.7 Å². The minimum absolute atomic E-state index is 0.770. The molecule has 0 aliphatic rings. The molecule has 0 atom stereocenters. The maximum Gasteiger partial charge on any atom is 0.673 e. The van der Waals surface area contributed by atoms with Crippen molar-refractivity contribution in [2.24, 2.45) is 0 Å². The van der Waals surface area contributed by atoms with Gasteiger partial charge in [0.2, 0.25) is 23.3 Å². The molecule has 0 fully saturated rings. The van der Waals surface area contributed by atoms with E-state index in [-0.39, 0.29) is 0 Å². The first-order valence-corrected chi connectivity index (χ1v) is 10.2. The van der Waals surface area contributed by atoms with Crippen molar-refractivity contribution in [3.8, 4) is 11.4 Å². The van der Waals surface area contributed by atoms with Crippen LogP contribution in [-0.4, -0.2) is 42.7 Å². The molecule has 0 radical (unpaired) electrons. The Labute approximate surface area is 209 Å². The zero-order valence-electron chi connectivity index (χ0n) is 20.1. The van der Waals surface area contributed by atoms with Crippen LogP contribution in [0.25, 0.3) is 11.4 Å². The van der Waals surface area contributed by atoms with Crippen molar-refractivity contribution in [1.82, 2.24) is 0 Å². The van der Waals surface area contributed by atoms with Gasteiger partial charge >= 0.3 is 14.5 Å². The average Bonchev–Trinajstić information content (AvgIpc) is 2.76. The fraction of sp³-hybridized carbons (Fsp3) is 0.200. The van der Waals surface area contributed by atoms with Crippen molar-refractivity contribution in [3.63, 3.8) is 0 Å². The van der Waals surface area contributed by atoms with Crippen LogP contribution in [-0.2, 0) is 0 Å². The second-order valence-corrected chi connectivity index (χ2v) is 7.66. The van der Waals surface area contributed by atoms with Gasteiger partial charge in [0.05, 0.1) is 0 Å².